The molecule has 3 nitrogen and oxygen atoms in total. The summed E-state index contributed by atoms with van der Waals surface area (Å²) in [5, 5.41) is 0. The third-order valence-corrected chi connectivity index (χ3v) is 1.33. The van der Waals surface area contributed by atoms with Crippen LogP contribution in [-0.4, -0.2) is 23.3 Å². The molecule has 0 saturated carbocycles. The number of amides is 2. The maximum Gasteiger partial charge on any atom is 0.233 e. The average molecular weight is 126 g/mol. The van der Waals surface area contributed by atoms with E-state index in [2.05, 4.69) is 0 Å². The third-order valence-electron chi connectivity index (χ3n) is 1.33. The summed E-state index contributed by atoms with van der Waals surface area (Å²) in [4.78, 5) is 22.6. The number of rotatable bonds is 1. The van der Waals surface area contributed by atoms with Crippen molar-refractivity contribution >= 4 is 11.8 Å². The Balaban J connectivity index is 2.66. The summed E-state index contributed by atoms with van der Waals surface area (Å²) < 4.78 is 0. The number of hydrogen-bond donors (Lipinski definition) is 0. The Kier molecular flexibility index (Phi) is 1.51. The summed E-state index contributed by atoms with van der Waals surface area (Å²) >= 11 is 0. The molecule has 1 saturated heterocycles. The van der Waals surface area contributed by atoms with Crippen LogP contribution in [-0.2, 0) is 9.59 Å². The maximum absolute atomic E-state index is 10.7. The van der Waals surface area contributed by atoms with Gasteiger partial charge >= 0.3 is 0 Å². The minimum Gasteiger partial charge on any atom is -0.283 e. The lowest BCUT2D eigenvalue weighted by Gasteiger charge is -2.07. The van der Waals surface area contributed by atoms with Gasteiger partial charge in [0.25, 0.3) is 0 Å². The van der Waals surface area contributed by atoms with Crippen LogP contribution in [0.2, 0.25) is 0 Å². The van der Waals surface area contributed by atoms with E-state index >= 15 is 0 Å². The second-order valence-electron chi connectivity index (χ2n) is 1.88. The quantitative estimate of drug-likeness (QED) is 0.463. The number of likely N-dealkylation sites (tertiary alicyclic amines) is 1. The predicted molar refractivity (Wildman–Crippen MR) is 31.3 cm³/mol. The Morgan fingerprint density at radius 2 is 2.33 bits per heavy atom. The van der Waals surface area contributed by atoms with E-state index in [0.29, 0.717) is 6.54 Å². The molecule has 9 heavy (non-hydrogen) atoms. The Hall–Kier alpha value is -0.860. The van der Waals surface area contributed by atoms with Gasteiger partial charge in [-0.05, 0) is 6.92 Å². The normalized spacial score (nSPS) is 19.4. The average Bonchev–Trinajstić information content (AvgIpc) is 2.12. The summed E-state index contributed by atoms with van der Waals surface area (Å²) in [6, 6.07) is 0. The van der Waals surface area contributed by atoms with E-state index in [0.717, 1.165) is 0 Å². The molecule has 1 radical (unpaired) electrons. The molecule has 3 heteroatoms. The van der Waals surface area contributed by atoms with Crippen molar-refractivity contribution in [2.45, 2.75) is 13.3 Å². The molecule has 1 rings (SSSR count). The molecule has 0 bridgehead atoms. The Bertz CT molecular complexity index is 137. The largest absolute Gasteiger partial charge is 0.283 e. The number of nitrogens with zero attached hydrogens (tertiary/aromatic N) is 1. The smallest absolute Gasteiger partial charge is 0.233 e. The zero-order chi connectivity index (χ0) is 6.85. The van der Waals surface area contributed by atoms with Gasteiger partial charge < -0.3 is 0 Å². The summed E-state index contributed by atoms with van der Waals surface area (Å²) in [5.74, 6) is -0.231. The van der Waals surface area contributed by atoms with Gasteiger partial charge in [0.05, 0.1) is 6.42 Å². The van der Waals surface area contributed by atoms with Gasteiger partial charge in [0.15, 0.2) is 0 Å². The first kappa shape index (κ1) is 6.26. The van der Waals surface area contributed by atoms with E-state index in [9.17, 15) is 9.59 Å². The zero-order valence-electron chi connectivity index (χ0n) is 5.26. The fourth-order valence-electron chi connectivity index (χ4n) is 0.850. The highest BCUT2D eigenvalue weighted by atomic mass is 16.2. The first-order valence-corrected chi connectivity index (χ1v) is 2.93. The van der Waals surface area contributed by atoms with E-state index in [1.807, 2.05) is 0 Å². The van der Waals surface area contributed by atoms with Crippen molar-refractivity contribution in [1.29, 1.82) is 0 Å². The van der Waals surface area contributed by atoms with E-state index in [1.54, 1.807) is 6.92 Å². The molecule has 1 heterocycles. The van der Waals surface area contributed by atoms with Crippen molar-refractivity contribution < 1.29 is 9.59 Å². The SMILES string of the molecule is CCN1C(=O)[CH]CC1=O. The van der Waals surface area contributed by atoms with E-state index in [4.69, 9.17) is 0 Å². The van der Waals surface area contributed by atoms with Gasteiger partial charge in [0.1, 0.15) is 0 Å². The fourth-order valence-corrected chi connectivity index (χ4v) is 0.850. The van der Waals surface area contributed by atoms with E-state index in [-0.39, 0.29) is 18.2 Å². The number of hydrogen-bond acceptors (Lipinski definition) is 2. The highest BCUT2D eigenvalue weighted by Crippen LogP contribution is 2.08. The van der Waals surface area contributed by atoms with Crippen LogP contribution in [0.15, 0.2) is 0 Å². The molecule has 0 aromatic rings. The molecule has 0 unspecified atom stereocenters. The van der Waals surface area contributed by atoms with Crippen LogP contribution in [0.25, 0.3) is 0 Å². The minimum atomic E-state index is -0.150. The molecule has 1 aliphatic rings. The van der Waals surface area contributed by atoms with Crippen molar-refractivity contribution in [1.82, 2.24) is 4.90 Å². The van der Waals surface area contributed by atoms with Crippen LogP contribution in [0.3, 0.4) is 0 Å². The number of imide groups is 1. The van der Waals surface area contributed by atoms with Crippen molar-refractivity contribution in [2.24, 2.45) is 0 Å². The highest BCUT2D eigenvalue weighted by Gasteiger charge is 2.26. The van der Waals surface area contributed by atoms with Gasteiger partial charge in [0, 0.05) is 13.0 Å². The lowest BCUT2D eigenvalue weighted by Crippen LogP contribution is -2.28. The molecule has 0 atom stereocenters. The molecular weight excluding hydrogens is 118 g/mol. The standard InChI is InChI=1S/C6H8NO2/c1-2-7-5(8)3-4-6(7)9/h3H,2,4H2,1H3. The Morgan fingerprint density at radius 3 is 2.56 bits per heavy atom. The molecular formula is C6H8NO2. The van der Waals surface area contributed by atoms with Crippen molar-refractivity contribution in [3.63, 3.8) is 0 Å². The summed E-state index contributed by atoms with van der Waals surface area (Å²) in [5.41, 5.74) is 0. The number of carbonyl (C=O) groups excluding carboxylic acids is 2. The molecule has 1 fully saturated rings. The van der Waals surface area contributed by atoms with Crippen LogP contribution in [0.1, 0.15) is 13.3 Å². The third kappa shape index (κ3) is 0.943. The maximum atomic E-state index is 10.7. The van der Waals surface area contributed by atoms with Crippen LogP contribution in [0, 0.1) is 6.42 Å². The van der Waals surface area contributed by atoms with Crippen LogP contribution in [0.5, 0.6) is 0 Å². The van der Waals surface area contributed by atoms with Crippen LogP contribution < -0.4 is 0 Å². The molecule has 0 aromatic carbocycles. The van der Waals surface area contributed by atoms with Gasteiger partial charge in [-0.1, -0.05) is 0 Å². The monoisotopic (exact) mass is 126 g/mol. The molecule has 0 aliphatic carbocycles. The summed E-state index contributed by atoms with van der Waals surface area (Å²) in [7, 11) is 0. The lowest BCUT2D eigenvalue weighted by atomic mass is 10.4. The zero-order valence-corrected chi connectivity index (χ0v) is 5.26. The second-order valence-corrected chi connectivity index (χ2v) is 1.88. The first-order chi connectivity index (χ1) is 4.25. The Morgan fingerprint density at radius 1 is 1.67 bits per heavy atom. The fraction of sp³-hybridized carbons (Fsp3) is 0.500. The van der Waals surface area contributed by atoms with Crippen LogP contribution in [0.4, 0.5) is 0 Å². The van der Waals surface area contributed by atoms with E-state index in [1.165, 1.54) is 11.3 Å². The topological polar surface area (TPSA) is 37.4 Å². The molecule has 1 aliphatic heterocycles. The van der Waals surface area contributed by atoms with Gasteiger partial charge in [-0.2, -0.15) is 0 Å². The van der Waals surface area contributed by atoms with Gasteiger partial charge in [-0.25, -0.2) is 0 Å². The van der Waals surface area contributed by atoms with Crippen molar-refractivity contribution in [2.75, 3.05) is 6.54 Å². The highest BCUT2D eigenvalue weighted by molar-refractivity contribution is 6.07. The van der Waals surface area contributed by atoms with E-state index < -0.39 is 0 Å². The van der Waals surface area contributed by atoms with Gasteiger partial charge in [-0.15, -0.1) is 0 Å². The molecule has 49 valence electrons. The summed E-state index contributed by atoms with van der Waals surface area (Å²) in [6.07, 6.45) is 1.69. The number of carbonyl (C=O) groups is 2. The predicted octanol–water partition coefficient (Wildman–Crippen LogP) is -0.0305. The first-order valence-electron chi connectivity index (χ1n) is 2.93. The lowest BCUT2D eigenvalue weighted by molar-refractivity contribution is -0.137. The van der Waals surface area contributed by atoms with Crippen molar-refractivity contribution in [3.8, 4) is 0 Å². The molecule has 2 amide bonds. The van der Waals surface area contributed by atoms with Crippen molar-refractivity contribution in [3.05, 3.63) is 6.42 Å². The molecule has 0 N–H and O–H groups in total. The molecule has 0 spiro atoms. The summed E-state index contributed by atoms with van der Waals surface area (Å²) in [6.45, 7) is 2.28. The van der Waals surface area contributed by atoms with Crippen LogP contribution >= 0.6 is 0 Å². The Labute approximate surface area is 53.6 Å². The second kappa shape index (κ2) is 2.17. The molecule has 0 aromatic heterocycles. The minimum absolute atomic E-state index is 0.0810. The van der Waals surface area contributed by atoms with Gasteiger partial charge in [0.2, 0.25) is 11.8 Å². The van der Waals surface area contributed by atoms with Gasteiger partial charge in [-0.3, -0.25) is 14.5 Å².